The summed E-state index contributed by atoms with van der Waals surface area (Å²) in [5.41, 5.74) is 7.31. The highest BCUT2D eigenvalue weighted by molar-refractivity contribution is 5.59. The van der Waals surface area contributed by atoms with E-state index in [4.69, 9.17) is 10.5 Å². The molecule has 0 aliphatic carbocycles. The molecule has 0 amide bonds. The van der Waals surface area contributed by atoms with Crippen molar-refractivity contribution in [1.82, 2.24) is 4.98 Å². The fourth-order valence-corrected chi connectivity index (χ4v) is 1.43. The number of benzene rings is 1. The van der Waals surface area contributed by atoms with Gasteiger partial charge in [-0.3, -0.25) is 0 Å². The van der Waals surface area contributed by atoms with Gasteiger partial charge < -0.3 is 15.8 Å². The van der Waals surface area contributed by atoms with Gasteiger partial charge in [0.15, 0.2) is 0 Å². The molecule has 17 heavy (non-hydrogen) atoms. The van der Waals surface area contributed by atoms with Crippen LogP contribution in [0.2, 0.25) is 0 Å². The first kappa shape index (κ1) is 11.3. The van der Waals surface area contributed by atoms with E-state index >= 15 is 0 Å². The molecule has 0 unspecified atom stereocenters. The van der Waals surface area contributed by atoms with Crippen LogP contribution in [0.1, 0.15) is 6.92 Å². The van der Waals surface area contributed by atoms with Crippen LogP contribution < -0.4 is 15.8 Å². The molecular formula is C13H15N3O. The van der Waals surface area contributed by atoms with Gasteiger partial charge in [0.25, 0.3) is 0 Å². The molecule has 0 fully saturated rings. The third kappa shape index (κ3) is 3.11. The lowest BCUT2D eigenvalue weighted by Gasteiger charge is -2.07. The van der Waals surface area contributed by atoms with E-state index in [0.717, 1.165) is 17.2 Å². The molecule has 1 aromatic carbocycles. The van der Waals surface area contributed by atoms with Crippen LogP contribution in [0.15, 0.2) is 42.5 Å². The number of nitrogens with one attached hydrogen (secondary N) is 1. The summed E-state index contributed by atoms with van der Waals surface area (Å²) in [5, 5.41) is 3.18. The van der Waals surface area contributed by atoms with Crippen molar-refractivity contribution in [2.75, 3.05) is 17.7 Å². The number of rotatable bonds is 4. The zero-order valence-corrected chi connectivity index (χ0v) is 9.68. The maximum Gasteiger partial charge on any atom is 0.215 e. The van der Waals surface area contributed by atoms with Crippen LogP contribution in [-0.4, -0.2) is 11.6 Å². The van der Waals surface area contributed by atoms with Crippen LogP contribution in [0.25, 0.3) is 0 Å². The Labute approximate surface area is 100 Å². The SMILES string of the molecule is CCOc1cccc(Nc2ccc(N)cc2)n1. The zero-order valence-electron chi connectivity index (χ0n) is 9.68. The van der Waals surface area contributed by atoms with E-state index in [9.17, 15) is 0 Å². The zero-order chi connectivity index (χ0) is 12.1. The van der Waals surface area contributed by atoms with Crippen LogP contribution in [0.3, 0.4) is 0 Å². The highest BCUT2D eigenvalue weighted by Crippen LogP contribution is 2.18. The Hall–Kier alpha value is -2.23. The molecule has 4 heteroatoms. The fraction of sp³-hybridized carbons (Fsp3) is 0.154. The first-order chi connectivity index (χ1) is 8.28. The van der Waals surface area contributed by atoms with E-state index in [0.29, 0.717) is 12.5 Å². The Balaban J connectivity index is 2.12. The molecule has 0 saturated carbocycles. The molecule has 0 spiro atoms. The monoisotopic (exact) mass is 229 g/mol. The van der Waals surface area contributed by atoms with Crippen LogP contribution in [0.5, 0.6) is 5.88 Å². The molecule has 1 heterocycles. The van der Waals surface area contributed by atoms with Gasteiger partial charge in [-0.2, -0.15) is 4.98 Å². The molecule has 0 bridgehead atoms. The number of anilines is 3. The number of pyridine rings is 1. The maximum absolute atomic E-state index is 5.62. The van der Waals surface area contributed by atoms with E-state index in [2.05, 4.69) is 10.3 Å². The summed E-state index contributed by atoms with van der Waals surface area (Å²) in [5.74, 6) is 1.37. The van der Waals surface area contributed by atoms with Crippen molar-refractivity contribution in [3.05, 3.63) is 42.5 Å². The number of nitrogens with zero attached hydrogens (tertiary/aromatic N) is 1. The van der Waals surface area contributed by atoms with E-state index in [1.807, 2.05) is 49.4 Å². The summed E-state index contributed by atoms with van der Waals surface area (Å²) in [6, 6.07) is 13.1. The van der Waals surface area contributed by atoms with Gasteiger partial charge in [0.05, 0.1) is 6.61 Å². The summed E-state index contributed by atoms with van der Waals surface area (Å²) in [4.78, 5) is 4.32. The molecule has 2 rings (SSSR count). The third-order valence-electron chi connectivity index (χ3n) is 2.20. The van der Waals surface area contributed by atoms with Gasteiger partial charge in [-0.25, -0.2) is 0 Å². The van der Waals surface area contributed by atoms with Gasteiger partial charge in [-0.15, -0.1) is 0 Å². The average molecular weight is 229 g/mol. The minimum Gasteiger partial charge on any atom is -0.478 e. The number of ether oxygens (including phenoxy) is 1. The molecule has 88 valence electrons. The Morgan fingerprint density at radius 2 is 1.94 bits per heavy atom. The van der Waals surface area contributed by atoms with Gasteiger partial charge in [0.2, 0.25) is 5.88 Å². The minimum absolute atomic E-state index is 0.609. The lowest BCUT2D eigenvalue weighted by atomic mass is 10.3. The Morgan fingerprint density at radius 3 is 2.65 bits per heavy atom. The summed E-state index contributed by atoms with van der Waals surface area (Å²) in [6.07, 6.45) is 0. The van der Waals surface area contributed by atoms with Crippen molar-refractivity contribution in [1.29, 1.82) is 0 Å². The molecule has 0 radical (unpaired) electrons. The van der Waals surface area contributed by atoms with E-state index < -0.39 is 0 Å². The lowest BCUT2D eigenvalue weighted by molar-refractivity contribution is 0.327. The van der Waals surface area contributed by atoms with Crippen LogP contribution in [0.4, 0.5) is 17.2 Å². The highest BCUT2D eigenvalue weighted by Gasteiger charge is 1.98. The number of hydrogen-bond donors (Lipinski definition) is 2. The van der Waals surface area contributed by atoms with E-state index in [1.165, 1.54) is 0 Å². The second kappa shape index (κ2) is 5.21. The molecule has 0 aliphatic heterocycles. The molecule has 0 saturated heterocycles. The van der Waals surface area contributed by atoms with Crippen molar-refractivity contribution in [3.63, 3.8) is 0 Å². The van der Waals surface area contributed by atoms with Gasteiger partial charge in [0, 0.05) is 17.4 Å². The van der Waals surface area contributed by atoms with Crippen LogP contribution in [-0.2, 0) is 0 Å². The number of aromatic nitrogens is 1. The van der Waals surface area contributed by atoms with Crippen molar-refractivity contribution < 1.29 is 4.74 Å². The quantitative estimate of drug-likeness (QED) is 0.791. The topological polar surface area (TPSA) is 60.2 Å². The first-order valence-electron chi connectivity index (χ1n) is 5.50. The van der Waals surface area contributed by atoms with Crippen molar-refractivity contribution >= 4 is 17.2 Å². The van der Waals surface area contributed by atoms with Gasteiger partial charge >= 0.3 is 0 Å². The summed E-state index contributed by atoms with van der Waals surface area (Å²) in [6.45, 7) is 2.54. The summed E-state index contributed by atoms with van der Waals surface area (Å²) >= 11 is 0. The van der Waals surface area contributed by atoms with Crippen molar-refractivity contribution in [2.45, 2.75) is 6.92 Å². The fourth-order valence-electron chi connectivity index (χ4n) is 1.43. The Bertz CT molecular complexity index is 482. The first-order valence-corrected chi connectivity index (χ1v) is 5.50. The van der Waals surface area contributed by atoms with Gasteiger partial charge in [-0.1, -0.05) is 6.07 Å². The molecule has 3 N–H and O–H groups in total. The second-order valence-electron chi connectivity index (χ2n) is 3.54. The number of nitrogens with two attached hydrogens (primary N) is 1. The number of hydrogen-bond acceptors (Lipinski definition) is 4. The van der Waals surface area contributed by atoms with Crippen molar-refractivity contribution in [3.8, 4) is 5.88 Å². The number of nitrogen functional groups attached to an aromatic ring is 1. The smallest absolute Gasteiger partial charge is 0.215 e. The second-order valence-corrected chi connectivity index (χ2v) is 3.54. The van der Waals surface area contributed by atoms with E-state index in [-0.39, 0.29) is 0 Å². The highest BCUT2D eigenvalue weighted by atomic mass is 16.5. The molecule has 4 nitrogen and oxygen atoms in total. The lowest BCUT2D eigenvalue weighted by Crippen LogP contribution is -1.98. The average Bonchev–Trinajstić information content (AvgIpc) is 2.33. The van der Waals surface area contributed by atoms with Gasteiger partial charge in [-0.05, 0) is 37.3 Å². The largest absolute Gasteiger partial charge is 0.478 e. The normalized spacial score (nSPS) is 9.94. The standard InChI is InChI=1S/C13H15N3O/c1-2-17-13-5-3-4-12(16-13)15-11-8-6-10(14)7-9-11/h3-9H,2,14H2,1H3,(H,15,16). The molecule has 0 aliphatic rings. The third-order valence-corrected chi connectivity index (χ3v) is 2.20. The molecule has 1 aromatic heterocycles. The summed E-state index contributed by atoms with van der Waals surface area (Å²) in [7, 11) is 0. The molecule has 2 aromatic rings. The summed E-state index contributed by atoms with van der Waals surface area (Å²) < 4.78 is 5.33. The van der Waals surface area contributed by atoms with Gasteiger partial charge in [0.1, 0.15) is 5.82 Å². The minimum atomic E-state index is 0.609. The maximum atomic E-state index is 5.62. The Kier molecular flexibility index (Phi) is 3.45. The predicted octanol–water partition coefficient (Wildman–Crippen LogP) is 2.81. The van der Waals surface area contributed by atoms with Crippen LogP contribution in [0, 0.1) is 0 Å². The van der Waals surface area contributed by atoms with Crippen molar-refractivity contribution in [2.24, 2.45) is 0 Å². The van der Waals surface area contributed by atoms with Crippen LogP contribution >= 0.6 is 0 Å². The molecular weight excluding hydrogens is 214 g/mol. The molecule has 0 atom stereocenters. The Morgan fingerprint density at radius 1 is 1.18 bits per heavy atom. The predicted molar refractivity (Wildman–Crippen MR) is 69.5 cm³/mol. The van der Waals surface area contributed by atoms with E-state index in [1.54, 1.807) is 0 Å².